The van der Waals surface area contributed by atoms with Crippen molar-refractivity contribution < 1.29 is 0 Å². The molecule has 1 aromatic rings. The largest absolute Gasteiger partial charge is 0.337 e. The normalized spacial score (nSPS) is 10.4. The zero-order chi connectivity index (χ0) is 8.10. The summed E-state index contributed by atoms with van der Waals surface area (Å²) in [6, 6.07) is 0. The van der Waals surface area contributed by atoms with Crippen molar-refractivity contribution in [3.8, 4) is 0 Å². The predicted octanol–water partition coefficient (Wildman–Crippen LogP) is 2.25. The van der Waals surface area contributed by atoms with E-state index in [1.165, 1.54) is 18.5 Å². The number of aryl methyl sites for hydroxylation is 2. The minimum atomic E-state index is 1.04. The first-order chi connectivity index (χ1) is 5.36. The zero-order valence-corrected chi connectivity index (χ0v) is 7.38. The fourth-order valence-electron chi connectivity index (χ4n) is 1.05. The average Bonchev–Trinajstić information content (AvgIpc) is 2.48. The maximum Gasteiger partial charge on any atom is 0.0949 e. The van der Waals surface area contributed by atoms with Crippen LogP contribution in [0, 0.1) is 0 Å². The third kappa shape index (κ3) is 2.37. The molecule has 0 unspecified atom stereocenters. The minimum Gasteiger partial charge on any atom is -0.337 e. The van der Waals surface area contributed by atoms with Crippen LogP contribution in [-0.2, 0) is 13.0 Å². The molecular formula is C9H16N2. The summed E-state index contributed by atoms with van der Waals surface area (Å²) in [4.78, 5) is 4.25. The molecule has 0 bridgehead atoms. The second-order valence-corrected chi connectivity index (χ2v) is 2.81. The van der Waals surface area contributed by atoms with Gasteiger partial charge in [-0.1, -0.05) is 20.3 Å². The Morgan fingerprint density at radius 1 is 1.45 bits per heavy atom. The topological polar surface area (TPSA) is 17.8 Å². The van der Waals surface area contributed by atoms with Gasteiger partial charge in [0.2, 0.25) is 0 Å². The molecule has 0 aliphatic heterocycles. The van der Waals surface area contributed by atoms with Gasteiger partial charge in [0.1, 0.15) is 0 Å². The lowest BCUT2D eigenvalue weighted by molar-refractivity contribution is 0.631. The Labute approximate surface area is 68.3 Å². The van der Waals surface area contributed by atoms with Crippen LogP contribution >= 0.6 is 0 Å². The lowest BCUT2D eigenvalue weighted by Crippen LogP contribution is -1.92. The molecule has 1 aromatic heterocycles. The van der Waals surface area contributed by atoms with Crippen molar-refractivity contribution in [2.45, 2.75) is 39.7 Å². The van der Waals surface area contributed by atoms with Crippen molar-refractivity contribution in [1.29, 1.82) is 0 Å². The van der Waals surface area contributed by atoms with E-state index < -0.39 is 0 Å². The highest BCUT2D eigenvalue weighted by molar-refractivity contribution is 4.95. The maximum absolute atomic E-state index is 4.25. The minimum absolute atomic E-state index is 1.04. The van der Waals surface area contributed by atoms with Gasteiger partial charge in [-0.15, -0.1) is 0 Å². The van der Waals surface area contributed by atoms with E-state index in [2.05, 4.69) is 29.6 Å². The van der Waals surface area contributed by atoms with Crippen molar-refractivity contribution >= 4 is 0 Å². The van der Waals surface area contributed by atoms with E-state index in [1.54, 1.807) is 0 Å². The van der Waals surface area contributed by atoms with Crippen molar-refractivity contribution in [2.75, 3.05) is 0 Å². The third-order valence-electron chi connectivity index (χ3n) is 1.82. The Kier molecular flexibility index (Phi) is 3.14. The van der Waals surface area contributed by atoms with Gasteiger partial charge in [-0.05, 0) is 12.8 Å². The van der Waals surface area contributed by atoms with Crippen LogP contribution in [-0.4, -0.2) is 9.55 Å². The molecule has 0 aromatic carbocycles. The summed E-state index contributed by atoms with van der Waals surface area (Å²) in [6.07, 6.45) is 7.60. The lowest BCUT2D eigenvalue weighted by atomic mass is 10.3. The second kappa shape index (κ2) is 4.16. The standard InChI is InChI=1S/C9H16N2/c1-3-5-6-11-7-9(4-2)10-8-11/h7-8H,3-6H2,1-2H3. The van der Waals surface area contributed by atoms with E-state index in [1.807, 2.05) is 6.33 Å². The van der Waals surface area contributed by atoms with Gasteiger partial charge < -0.3 is 4.57 Å². The molecule has 0 amide bonds. The Bertz CT molecular complexity index is 203. The number of hydrogen-bond donors (Lipinski definition) is 0. The molecule has 2 nitrogen and oxygen atoms in total. The molecule has 0 fully saturated rings. The van der Waals surface area contributed by atoms with E-state index >= 15 is 0 Å². The molecule has 11 heavy (non-hydrogen) atoms. The summed E-state index contributed by atoms with van der Waals surface area (Å²) in [5.41, 5.74) is 1.20. The molecule has 1 heterocycles. The summed E-state index contributed by atoms with van der Waals surface area (Å²) in [5.74, 6) is 0. The van der Waals surface area contributed by atoms with E-state index in [-0.39, 0.29) is 0 Å². The smallest absolute Gasteiger partial charge is 0.0949 e. The Morgan fingerprint density at radius 3 is 2.82 bits per heavy atom. The summed E-state index contributed by atoms with van der Waals surface area (Å²) in [5, 5.41) is 0. The van der Waals surface area contributed by atoms with Gasteiger partial charge in [0.25, 0.3) is 0 Å². The van der Waals surface area contributed by atoms with Crippen molar-refractivity contribution in [3.63, 3.8) is 0 Å². The van der Waals surface area contributed by atoms with E-state index in [0.29, 0.717) is 0 Å². The summed E-state index contributed by atoms with van der Waals surface area (Å²) < 4.78 is 2.17. The number of aromatic nitrogens is 2. The number of hydrogen-bond acceptors (Lipinski definition) is 1. The first-order valence-electron chi connectivity index (χ1n) is 4.37. The van der Waals surface area contributed by atoms with Crippen molar-refractivity contribution in [3.05, 3.63) is 18.2 Å². The van der Waals surface area contributed by atoms with E-state index in [0.717, 1.165) is 13.0 Å². The molecule has 0 aliphatic carbocycles. The molecule has 0 saturated carbocycles. The first kappa shape index (κ1) is 8.31. The monoisotopic (exact) mass is 152 g/mol. The molecule has 0 aliphatic rings. The van der Waals surface area contributed by atoms with Gasteiger partial charge in [0.05, 0.1) is 12.0 Å². The Hall–Kier alpha value is -0.790. The quantitative estimate of drug-likeness (QED) is 0.647. The fourth-order valence-corrected chi connectivity index (χ4v) is 1.05. The van der Waals surface area contributed by atoms with Gasteiger partial charge in [-0.3, -0.25) is 0 Å². The summed E-state index contributed by atoms with van der Waals surface area (Å²) >= 11 is 0. The van der Waals surface area contributed by atoms with E-state index in [9.17, 15) is 0 Å². The van der Waals surface area contributed by atoms with Crippen LogP contribution in [0.3, 0.4) is 0 Å². The maximum atomic E-state index is 4.25. The molecule has 0 saturated heterocycles. The molecule has 0 atom stereocenters. The fraction of sp³-hybridized carbons (Fsp3) is 0.667. The van der Waals surface area contributed by atoms with Crippen LogP contribution in [0.2, 0.25) is 0 Å². The van der Waals surface area contributed by atoms with Crippen LogP contribution in [0.25, 0.3) is 0 Å². The summed E-state index contributed by atoms with van der Waals surface area (Å²) in [6.45, 7) is 5.45. The van der Waals surface area contributed by atoms with Gasteiger partial charge in [-0.2, -0.15) is 0 Å². The molecule has 62 valence electrons. The van der Waals surface area contributed by atoms with Gasteiger partial charge >= 0.3 is 0 Å². The van der Waals surface area contributed by atoms with Crippen LogP contribution in [0.15, 0.2) is 12.5 Å². The molecule has 1 rings (SSSR count). The van der Waals surface area contributed by atoms with E-state index in [4.69, 9.17) is 0 Å². The van der Waals surface area contributed by atoms with Crippen LogP contribution in [0.1, 0.15) is 32.4 Å². The molecule has 0 radical (unpaired) electrons. The highest BCUT2D eigenvalue weighted by Gasteiger charge is 1.93. The summed E-state index contributed by atoms with van der Waals surface area (Å²) in [7, 11) is 0. The molecule has 0 spiro atoms. The Morgan fingerprint density at radius 2 is 2.27 bits per heavy atom. The highest BCUT2D eigenvalue weighted by Crippen LogP contribution is 1.99. The van der Waals surface area contributed by atoms with Gasteiger partial charge in [0, 0.05) is 12.7 Å². The Balaban J connectivity index is 2.44. The van der Waals surface area contributed by atoms with Crippen molar-refractivity contribution in [2.24, 2.45) is 0 Å². The number of unbranched alkanes of at least 4 members (excludes halogenated alkanes) is 1. The van der Waals surface area contributed by atoms with Crippen LogP contribution in [0.5, 0.6) is 0 Å². The highest BCUT2D eigenvalue weighted by atomic mass is 15.0. The number of rotatable bonds is 4. The number of imidazole rings is 1. The van der Waals surface area contributed by atoms with Gasteiger partial charge in [-0.25, -0.2) is 4.98 Å². The SMILES string of the molecule is CCCCn1cnc(CC)c1. The second-order valence-electron chi connectivity index (χ2n) is 2.81. The molecule has 2 heteroatoms. The zero-order valence-electron chi connectivity index (χ0n) is 7.38. The molecular weight excluding hydrogens is 136 g/mol. The molecule has 0 N–H and O–H groups in total. The van der Waals surface area contributed by atoms with Gasteiger partial charge in [0.15, 0.2) is 0 Å². The lowest BCUT2D eigenvalue weighted by Gasteiger charge is -1.97. The third-order valence-corrected chi connectivity index (χ3v) is 1.82. The average molecular weight is 152 g/mol. The van der Waals surface area contributed by atoms with Crippen LogP contribution in [0.4, 0.5) is 0 Å². The number of nitrogens with zero attached hydrogens (tertiary/aromatic N) is 2. The van der Waals surface area contributed by atoms with Crippen LogP contribution < -0.4 is 0 Å². The van der Waals surface area contributed by atoms with Crippen molar-refractivity contribution in [1.82, 2.24) is 9.55 Å². The first-order valence-corrected chi connectivity index (χ1v) is 4.37. The predicted molar refractivity (Wildman–Crippen MR) is 46.5 cm³/mol.